The van der Waals surface area contributed by atoms with Gasteiger partial charge in [-0.05, 0) is 19.1 Å². The first-order valence-corrected chi connectivity index (χ1v) is 5.98. The summed E-state index contributed by atoms with van der Waals surface area (Å²) in [7, 11) is 0. The molecular weight excluding hydrogens is 250 g/mol. The number of amides is 1. The number of hydrogen-bond acceptors (Lipinski definition) is 3. The van der Waals surface area contributed by atoms with Crippen molar-refractivity contribution in [2.75, 3.05) is 17.7 Å². The van der Waals surface area contributed by atoms with Crippen LogP contribution in [0.3, 0.4) is 0 Å². The van der Waals surface area contributed by atoms with Gasteiger partial charge < -0.3 is 10.6 Å². The van der Waals surface area contributed by atoms with Crippen LogP contribution in [-0.2, 0) is 4.79 Å². The molecule has 0 spiro atoms. The molecule has 1 rings (SSSR count). The summed E-state index contributed by atoms with van der Waals surface area (Å²) in [5, 5.41) is 14.3. The van der Waals surface area contributed by atoms with Gasteiger partial charge in [0.25, 0.3) is 5.91 Å². The van der Waals surface area contributed by atoms with E-state index in [1.54, 1.807) is 12.1 Å². The van der Waals surface area contributed by atoms with Crippen molar-refractivity contribution < 1.29 is 4.79 Å². The number of benzene rings is 1. The van der Waals surface area contributed by atoms with Crippen molar-refractivity contribution >= 4 is 23.2 Å². The third-order valence-corrected chi connectivity index (χ3v) is 2.35. The fourth-order valence-corrected chi connectivity index (χ4v) is 1.32. The molecule has 1 aromatic carbocycles. The minimum Gasteiger partial charge on any atom is -0.388 e. The number of nitrogens with one attached hydrogen (secondary N) is 2. The molecule has 0 atom stereocenters. The lowest BCUT2D eigenvalue weighted by atomic mass is 10.2. The number of hydrogen-bond donors (Lipinski definition) is 2. The van der Waals surface area contributed by atoms with Crippen LogP contribution in [0.2, 0.25) is 0 Å². The lowest BCUT2D eigenvalue weighted by molar-refractivity contribution is -0.112. The Labute approximate surface area is 111 Å². The molecule has 0 saturated heterocycles. The lowest BCUT2D eigenvalue weighted by Crippen LogP contribution is -2.17. The molecule has 0 fully saturated rings. The van der Waals surface area contributed by atoms with Crippen LogP contribution in [0.4, 0.5) is 5.69 Å². The van der Waals surface area contributed by atoms with E-state index in [0.29, 0.717) is 18.1 Å². The predicted octanol–water partition coefficient (Wildman–Crippen LogP) is 2.17. The maximum atomic E-state index is 11.7. The van der Waals surface area contributed by atoms with E-state index in [1.165, 1.54) is 6.20 Å². The van der Waals surface area contributed by atoms with E-state index in [1.807, 2.05) is 25.1 Å². The summed E-state index contributed by atoms with van der Waals surface area (Å²) >= 11 is 5.48. The molecule has 0 aliphatic heterocycles. The van der Waals surface area contributed by atoms with Gasteiger partial charge in [-0.15, -0.1) is 11.6 Å². The van der Waals surface area contributed by atoms with E-state index in [0.717, 1.165) is 5.56 Å². The molecule has 0 aliphatic rings. The van der Waals surface area contributed by atoms with Gasteiger partial charge in [0, 0.05) is 24.3 Å². The first-order chi connectivity index (χ1) is 8.67. The van der Waals surface area contributed by atoms with Gasteiger partial charge >= 0.3 is 0 Å². The normalized spacial score (nSPS) is 10.6. The van der Waals surface area contributed by atoms with Crippen molar-refractivity contribution in [3.8, 4) is 6.07 Å². The van der Waals surface area contributed by atoms with E-state index in [2.05, 4.69) is 10.6 Å². The Bertz CT molecular complexity index is 474. The standard InChI is InChI=1S/C13H14ClN3O/c1-10-2-4-12(5-3-10)17-13(18)11(8-15)9-16-7-6-14/h2-5,9,16H,6-7H2,1H3,(H,17,18)/b11-9-. The topological polar surface area (TPSA) is 64.9 Å². The lowest BCUT2D eigenvalue weighted by Gasteiger charge is -2.04. The van der Waals surface area contributed by atoms with Crippen LogP contribution in [-0.4, -0.2) is 18.3 Å². The molecular formula is C13H14ClN3O. The Hall–Kier alpha value is -1.99. The first-order valence-electron chi connectivity index (χ1n) is 5.45. The Balaban J connectivity index is 2.66. The molecule has 2 N–H and O–H groups in total. The quantitative estimate of drug-likeness (QED) is 0.370. The molecule has 0 heterocycles. The van der Waals surface area contributed by atoms with Crippen LogP contribution in [0.1, 0.15) is 5.56 Å². The number of carbonyl (C=O) groups is 1. The van der Waals surface area contributed by atoms with Gasteiger partial charge in [0.15, 0.2) is 0 Å². The second-order valence-corrected chi connectivity index (χ2v) is 4.01. The second-order valence-electron chi connectivity index (χ2n) is 3.63. The van der Waals surface area contributed by atoms with Gasteiger partial charge in [-0.25, -0.2) is 0 Å². The maximum absolute atomic E-state index is 11.7. The van der Waals surface area contributed by atoms with Crippen LogP contribution in [0.25, 0.3) is 0 Å². The van der Waals surface area contributed by atoms with Crippen LogP contribution in [0, 0.1) is 18.3 Å². The van der Waals surface area contributed by atoms with Gasteiger partial charge in [-0.2, -0.15) is 5.26 Å². The molecule has 0 bridgehead atoms. The Kier molecular flexibility index (Phi) is 5.75. The largest absolute Gasteiger partial charge is 0.388 e. The summed E-state index contributed by atoms with van der Waals surface area (Å²) < 4.78 is 0. The number of rotatable bonds is 5. The number of nitrogens with zero attached hydrogens (tertiary/aromatic N) is 1. The molecule has 4 nitrogen and oxygen atoms in total. The molecule has 18 heavy (non-hydrogen) atoms. The minimum absolute atomic E-state index is 0.0145. The number of anilines is 1. The molecule has 0 unspecified atom stereocenters. The molecule has 0 aliphatic carbocycles. The van der Waals surface area contributed by atoms with E-state index >= 15 is 0 Å². The van der Waals surface area contributed by atoms with E-state index in [9.17, 15) is 4.79 Å². The number of halogens is 1. The van der Waals surface area contributed by atoms with Crippen LogP contribution in [0.15, 0.2) is 36.0 Å². The molecule has 5 heteroatoms. The van der Waals surface area contributed by atoms with Crippen LogP contribution >= 0.6 is 11.6 Å². The highest BCUT2D eigenvalue weighted by atomic mass is 35.5. The van der Waals surface area contributed by atoms with Gasteiger partial charge in [0.1, 0.15) is 11.6 Å². The van der Waals surface area contributed by atoms with E-state index in [-0.39, 0.29) is 5.57 Å². The Morgan fingerprint density at radius 3 is 2.67 bits per heavy atom. The highest BCUT2D eigenvalue weighted by Crippen LogP contribution is 2.09. The van der Waals surface area contributed by atoms with E-state index in [4.69, 9.17) is 16.9 Å². The van der Waals surface area contributed by atoms with Crippen molar-refractivity contribution in [1.29, 1.82) is 5.26 Å². The van der Waals surface area contributed by atoms with Crippen molar-refractivity contribution in [3.63, 3.8) is 0 Å². The zero-order valence-electron chi connectivity index (χ0n) is 10.0. The van der Waals surface area contributed by atoms with Crippen LogP contribution in [0.5, 0.6) is 0 Å². The van der Waals surface area contributed by atoms with E-state index < -0.39 is 5.91 Å². The minimum atomic E-state index is -0.441. The van der Waals surface area contributed by atoms with Crippen molar-refractivity contribution in [2.45, 2.75) is 6.92 Å². The summed E-state index contributed by atoms with van der Waals surface area (Å²) in [5.74, 6) is -0.0298. The molecule has 0 saturated carbocycles. The summed E-state index contributed by atoms with van der Waals surface area (Å²) in [6.07, 6.45) is 1.37. The van der Waals surface area contributed by atoms with Crippen molar-refractivity contribution in [1.82, 2.24) is 5.32 Å². The number of aryl methyl sites for hydroxylation is 1. The SMILES string of the molecule is Cc1ccc(NC(=O)/C(C#N)=C\NCCCl)cc1. The molecule has 94 valence electrons. The zero-order valence-corrected chi connectivity index (χ0v) is 10.8. The van der Waals surface area contributed by atoms with Crippen LogP contribution < -0.4 is 10.6 Å². The monoisotopic (exact) mass is 263 g/mol. The zero-order chi connectivity index (χ0) is 13.4. The highest BCUT2D eigenvalue weighted by Gasteiger charge is 2.08. The average molecular weight is 264 g/mol. The fourth-order valence-electron chi connectivity index (χ4n) is 1.21. The summed E-state index contributed by atoms with van der Waals surface area (Å²) in [5.41, 5.74) is 1.78. The van der Waals surface area contributed by atoms with Crippen molar-refractivity contribution in [3.05, 3.63) is 41.6 Å². The number of nitriles is 1. The third-order valence-electron chi connectivity index (χ3n) is 2.16. The van der Waals surface area contributed by atoms with Gasteiger partial charge in [0.05, 0.1) is 0 Å². The van der Waals surface area contributed by atoms with Gasteiger partial charge in [-0.3, -0.25) is 4.79 Å². The fraction of sp³-hybridized carbons (Fsp3) is 0.231. The molecule has 0 aromatic heterocycles. The summed E-state index contributed by atoms with van der Waals surface area (Å²) in [4.78, 5) is 11.7. The smallest absolute Gasteiger partial charge is 0.267 e. The predicted molar refractivity (Wildman–Crippen MR) is 72.2 cm³/mol. The molecule has 0 radical (unpaired) electrons. The Morgan fingerprint density at radius 2 is 2.11 bits per heavy atom. The maximum Gasteiger partial charge on any atom is 0.267 e. The number of alkyl halides is 1. The Morgan fingerprint density at radius 1 is 1.44 bits per heavy atom. The summed E-state index contributed by atoms with van der Waals surface area (Å²) in [6, 6.07) is 9.18. The van der Waals surface area contributed by atoms with Gasteiger partial charge in [0.2, 0.25) is 0 Å². The second kappa shape index (κ2) is 7.36. The first kappa shape index (κ1) is 14.1. The van der Waals surface area contributed by atoms with Crippen molar-refractivity contribution in [2.24, 2.45) is 0 Å². The molecule has 1 aromatic rings. The average Bonchev–Trinajstić information content (AvgIpc) is 2.37. The number of carbonyl (C=O) groups excluding carboxylic acids is 1. The highest BCUT2D eigenvalue weighted by molar-refractivity contribution is 6.18. The summed E-state index contributed by atoms with van der Waals surface area (Å²) in [6.45, 7) is 2.47. The third kappa shape index (κ3) is 4.48. The van der Waals surface area contributed by atoms with Gasteiger partial charge in [-0.1, -0.05) is 17.7 Å². The molecule has 1 amide bonds.